The third-order valence-corrected chi connectivity index (χ3v) is 3.83. The molecule has 0 aliphatic carbocycles. The highest BCUT2D eigenvalue weighted by Crippen LogP contribution is 2.20. The Bertz CT molecular complexity index is 704. The van der Waals surface area contributed by atoms with Crippen LogP contribution >= 0.6 is 15.9 Å². The SMILES string of the molecule is CC(=O)N(CC(=O)Nc1ccc(Br)cc1C)Cc1cccnc1. The van der Waals surface area contributed by atoms with E-state index in [-0.39, 0.29) is 18.4 Å². The van der Waals surface area contributed by atoms with Gasteiger partial charge in [-0.1, -0.05) is 22.0 Å². The highest BCUT2D eigenvalue weighted by Gasteiger charge is 2.15. The lowest BCUT2D eigenvalue weighted by Gasteiger charge is -2.20. The number of benzene rings is 1. The number of aryl methyl sites for hydroxylation is 1. The average Bonchev–Trinajstić information content (AvgIpc) is 2.50. The topological polar surface area (TPSA) is 62.3 Å². The van der Waals surface area contributed by atoms with Crippen molar-refractivity contribution in [2.24, 2.45) is 0 Å². The Kier molecular flexibility index (Phi) is 5.87. The first-order valence-corrected chi connectivity index (χ1v) is 7.95. The van der Waals surface area contributed by atoms with Crippen LogP contribution in [0.3, 0.4) is 0 Å². The minimum absolute atomic E-state index is 0.000266. The number of aromatic nitrogens is 1. The van der Waals surface area contributed by atoms with Crippen molar-refractivity contribution in [1.29, 1.82) is 0 Å². The molecule has 0 aliphatic rings. The normalized spacial score (nSPS) is 10.2. The van der Waals surface area contributed by atoms with Crippen molar-refractivity contribution in [3.8, 4) is 0 Å². The Morgan fingerprint density at radius 1 is 1.30 bits per heavy atom. The number of rotatable bonds is 5. The van der Waals surface area contributed by atoms with Gasteiger partial charge in [-0.15, -0.1) is 0 Å². The summed E-state index contributed by atoms with van der Waals surface area (Å²) in [6.07, 6.45) is 3.36. The number of carbonyl (C=O) groups is 2. The molecule has 0 saturated carbocycles. The van der Waals surface area contributed by atoms with Gasteiger partial charge in [-0.05, 0) is 42.3 Å². The van der Waals surface area contributed by atoms with Gasteiger partial charge in [-0.25, -0.2) is 0 Å². The molecular weight excluding hydrogens is 358 g/mol. The summed E-state index contributed by atoms with van der Waals surface area (Å²) in [6, 6.07) is 9.30. The van der Waals surface area contributed by atoms with Crippen LogP contribution in [0.15, 0.2) is 47.2 Å². The van der Waals surface area contributed by atoms with Crippen LogP contribution in [0, 0.1) is 6.92 Å². The summed E-state index contributed by atoms with van der Waals surface area (Å²) in [5, 5.41) is 2.84. The molecular formula is C17H18BrN3O2. The van der Waals surface area contributed by atoms with E-state index >= 15 is 0 Å². The number of nitrogens with one attached hydrogen (secondary N) is 1. The predicted octanol–water partition coefficient (Wildman–Crippen LogP) is 3.14. The average molecular weight is 376 g/mol. The summed E-state index contributed by atoms with van der Waals surface area (Å²) in [6.45, 7) is 3.73. The van der Waals surface area contributed by atoms with Gasteiger partial charge in [0.05, 0.1) is 0 Å². The van der Waals surface area contributed by atoms with E-state index < -0.39 is 0 Å². The van der Waals surface area contributed by atoms with Crippen molar-refractivity contribution in [2.45, 2.75) is 20.4 Å². The fourth-order valence-corrected chi connectivity index (χ4v) is 2.60. The smallest absolute Gasteiger partial charge is 0.244 e. The lowest BCUT2D eigenvalue weighted by molar-refractivity contribution is -0.133. The van der Waals surface area contributed by atoms with Crippen LogP contribution in [0.2, 0.25) is 0 Å². The molecule has 0 saturated heterocycles. The highest BCUT2D eigenvalue weighted by molar-refractivity contribution is 9.10. The quantitative estimate of drug-likeness (QED) is 0.872. The van der Waals surface area contributed by atoms with Crippen molar-refractivity contribution in [3.05, 3.63) is 58.3 Å². The monoisotopic (exact) mass is 375 g/mol. The lowest BCUT2D eigenvalue weighted by atomic mass is 10.2. The van der Waals surface area contributed by atoms with E-state index in [2.05, 4.69) is 26.2 Å². The Labute approximate surface area is 143 Å². The first kappa shape index (κ1) is 17.1. The summed E-state index contributed by atoms with van der Waals surface area (Å²) in [4.78, 5) is 29.5. The molecule has 23 heavy (non-hydrogen) atoms. The minimum atomic E-state index is -0.227. The second-order valence-corrected chi connectivity index (χ2v) is 6.16. The summed E-state index contributed by atoms with van der Waals surface area (Å²) in [7, 11) is 0. The maximum atomic E-state index is 12.2. The predicted molar refractivity (Wildman–Crippen MR) is 92.8 cm³/mol. The van der Waals surface area contributed by atoms with Crippen molar-refractivity contribution < 1.29 is 9.59 Å². The van der Waals surface area contributed by atoms with Gasteiger partial charge in [0.25, 0.3) is 0 Å². The molecule has 0 bridgehead atoms. The van der Waals surface area contributed by atoms with Gasteiger partial charge in [0.15, 0.2) is 0 Å². The van der Waals surface area contributed by atoms with E-state index in [1.807, 2.05) is 31.2 Å². The molecule has 5 nitrogen and oxygen atoms in total. The number of carbonyl (C=O) groups excluding carboxylic acids is 2. The van der Waals surface area contributed by atoms with Gasteiger partial charge in [0.2, 0.25) is 11.8 Å². The first-order valence-electron chi connectivity index (χ1n) is 7.16. The minimum Gasteiger partial charge on any atom is -0.329 e. The first-order chi connectivity index (χ1) is 11.0. The summed E-state index contributed by atoms with van der Waals surface area (Å²) < 4.78 is 0.954. The molecule has 0 atom stereocenters. The number of amides is 2. The Morgan fingerprint density at radius 3 is 2.70 bits per heavy atom. The maximum absolute atomic E-state index is 12.2. The molecule has 1 aromatic heterocycles. The van der Waals surface area contributed by atoms with Crippen LogP contribution in [0.5, 0.6) is 0 Å². The maximum Gasteiger partial charge on any atom is 0.244 e. The summed E-state index contributed by atoms with van der Waals surface area (Å²) in [5.74, 6) is -0.383. The van der Waals surface area contributed by atoms with Gasteiger partial charge < -0.3 is 10.2 Å². The fourth-order valence-electron chi connectivity index (χ4n) is 2.12. The molecule has 120 valence electrons. The van der Waals surface area contributed by atoms with Crippen LogP contribution in [0.1, 0.15) is 18.1 Å². The van der Waals surface area contributed by atoms with E-state index in [0.29, 0.717) is 6.54 Å². The van der Waals surface area contributed by atoms with E-state index in [4.69, 9.17) is 0 Å². The Balaban J connectivity index is 2.02. The molecule has 2 aromatic rings. The zero-order valence-corrected chi connectivity index (χ0v) is 14.6. The van der Waals surface area contributed by atoms with E-state index in [9.17, 15) is 9.59 Å². The molecule has 0 spiro atoms. The van der Waals surface area contributed by atoms with Crippen molar-refractivity contribution in [2.75, 3.05) is 11.9 Å². The molecule has 1 aromatic carbocycles. The number of halogens is 1. The molecule has 0 aliphatic heterocycles. The van der Waals surface area contributed by atoms with E-state index in [0.717, 1.165) is 21.3 Å². The molecule has 0 radical (unpaired) electrons. The Morgan fingerprint density at radius 2 is 2.09 bits per heavy atom. The molecule has 0 fully saturated rings. The fraction of sp³-hybridized carbons (Fsp3) is 0.235. The standard InChI is InChI=1S/C17H18BrN3O2/c1-12-8-15(18)5-6-16(12)20-17(23)11-21(13(2)22)10-14-4-3-7-19-9-14/h3-9H,10-11H2,1-2H3,(H,20,23). The second kappa shape index (κ2) is 7.87. The van der Waals surface area contributed by atoms with Crippen molar-refractivity contribution in [1.82, 2.24) is 9.88 Å². The summed E-state index contributed by atoms with van der Waals surface area (Å²) >= 11 is 3.39. The molecule has 1 N–H and O–H groups in total. The van der Waals surface area contributed by atoms with Gasteiger partial charge in [0.1, 0.15) is 6.54 Å². The lowest BCUT2D eigenvalue weighted by Crippen LogP contribution is -2.36. The van der Waals surface area contributed by atoms with Gasteiger partial charge in [-0.3, -0.25) is 14.6 Å². The number of pyridine rings is 1. The number of hydrogen-bond acceptors (Lipinski definition) is 3. The highest BCUT2D eigenvalue weighted by atomic mass is 79.9. The number of nitrogens with zero attached hydrogens (tertiary/aromatic N) is 2. The molecule has 2 rings (SSSR count). The number of hydrogen-bond donors (Lipinski definition) is 1. The largest absolute Gasteiger partial charge is 0.329 e. The van der Waals surface area contributed by atoms with Gasteiger partial charge in [-0.2, -0.15) is 0 Å². The third-order valence-electron chi connectivity index (χ3n) is 3.34. The van der Waals surface area contributed by atoms with Gasteiger partial charge >= 0.3 is 0 Å². The number of anilines is 1. The van der Waals surface area contributed by atoms with Crippen molar-refractivity contribution in [3.63, 3.8) is 0 Å². The van der Waals surface area contributed by atoms with Crippen LogP contribution in [-0.2, 0) is 16.1 Å². The van der Waals surface area contributed by atoms with Crippen LogP contribution in [0.4, 0.5) is 5.69 Å². The second-order valence-electron chi connectivity index (χ2n) is 5.24. The van der Waals surface area contributed by atoms with Crippen molar-refractivity contribution >= 4 is 33.4 Å². The van der Waals surface area contributed by atoms with E-state index in [1.165, 1.54) is 11.8 Å². The third kappa shape index (κ3) is 5.17. The molecule has 6 heteroatoms. The molecule has 0 unspecified atom stereocenters. The Hall–Kier alpha value is -2.21. The molecule has 2 amide bonds. The van der Waals surface area contributed by atoms with Crippen LogP contribution in [0.25, 0.3) is 0 Å². The summed E-state index contributed by atoms with van der Waals surface area (Å²) in [5.41, 5.74) is 2.58. The molecule has 1 heterocycles. The van der Waals surface area contributed by atoms with Crippen LogP contribution in [-0.4, -0.2) is 28.2 Å². The van der Waals surface area contributed by atoms with Gasteiger partial charge in [0, 0.05) is 36.0 Å². The zero-order valence-electron chi connectivity index (χ0n) is 13.0. The van der Waals surface area contributed by atoms with Crippen LogP contribution < -0.4 is 5.32 Å². The van der Waals surface area contributed by atoms with E-state index in [1.54, 1.807) is 18.5 Å². The zero-order chi connectivity index (χ0) is 16.8.